The Bertz CT molecular complexity index is 2360. The third kappa shape index (κ3) is 7.47. The average Bonchev–Trinajstić information content (AvgIpc) is 3.83. The third-order valence-electron chi connectivity index (χ3n) is 10.3. The number of rotatable bonds is 10. The lowest BCUT2D eigenvalue weighted by Crippen LogP contribution is -2.44. The molecule has 0 radical (unpaired) electrons. The standard InChI is InChI=1S/C37H41F2N11O4/c1-46(16-5-3-4-6-22-9-12-27-29(18-22)47(2)37(54)50(27)28-13-14-31(51)44-36(28)53)20-23-7-10-24(11-8-23)49-21-26(32(45-49)33(38)39)42-35(52)25-19-41-48-17-15-30(40)43-34(25)48/h9,12,15,17-19,21,23-24,28,33H,3,5,7-8,10-11,13-14,16,20H2,1-2H3,(H2,40,43)(H,42,52)(H,44,51,53). The first-order chi connectivity index (χ1) is 26.0. The van der Waals surface area contributed by atoms with Crippen LogP contribution in [-0.2, 0) is 16.6 Å². The van der Waals surface area contributed by atoms with Crippen molar-refractivity contribution in [1.29, 1.82) is 0 Å². The highest BCUT2D eigenvalue weighted by molar-refractivity contribution is 6.08. The van der Waals surface area contributed by atoms with Gasteiger partial charge in [-0.1, -0.05) is 11.8 Å². The summed E-state index contributed by atoms with van der Waals surface area (Å²) in [6.45, 7) is 1.78. The lowest BCUT2D eigenvalue weighted by Gasteiger charge is -2.31. The van der Waals surface area contributed by atoms with Crippen LogP contribution in [0.2, 0.25) is 0 Å². The van der Waals surface area contributed by atoms with E-state index in [4.69, 9.17) is 5.73 Å². The Hall–Kier alpha value is -5.89. The molecular weight excluding hydrogens is 700 g/mol. The molecule has 15 nitrogen and oxygen atoms in total. The molecule has 7 rings (SSSR count). The van der Waals surface area contributed by atoms with Crippen molar-refractivity contribution in [3.05, 3.63) is 70.2 Å². The largest absolute Gasteiger partial charge is 0.384 e. The van der Waals surface area contributed by atoms with Crippen molar-refractivity contribution in [3.63, 3.8) is 0 Å². The van der Waals surface area contributed by atoms with Crippen LogP contribution in [-0.4, -0.2) is 76.3 Å². The van der Waals surface area contributed by atoms with Crippen molar-refractivity contribution in [2.24, 2.45) is 13.0 Å². The lowest BCUT2D eigenvalue weighted by molar-refractivity contribution is -0.135. The SMILES string of the molecule is CN(CCCC#Cc1ccc2c(c1)n(C)c(=O)n2C1CCC(=O)NC1=O)CC1CCC(n2cc(NC(=O)c3cnn4ccc(N)nc34)c(C(F)F)n2)CC1. The van der Waals surface area contributed by atoms with Gasteiger partial charge < -0.3 is 16.0 Å². The van der Waals surface area contributed by atoms with E-state index in [9.17, 15) is 28.0 Å². The van der Waals surface area contributed by atoms with Gasteiger partial charge in [-0.2, -0.15) is 10.2 Å². The Balaban J connectivity index is 0.887. The van der Waals surface area contributed by atoms with Crippen molar-refractivity contribution < 1.29 is 23.2 Å². The second-order valence-electron chi connectivity index (χ2n) is 14.1. The Kier molecular flexibility index (Phi) is 10.3. The Labute approximate surface area is 308 Å². The van der Waals surface area contributed by atoms with Crippen LogP contribution in [0.5, 0.6) is 0 Å². The van der Waals surface area contributed by atoms with Crippen LogP contribution in [0.4, 0.5) is 20.3 Å². The summed E-state index contributed by atoms with van der Waals surface area (Å²) in [6.07, 6.45) is 6.94. The van der Waals surface area contributed by atoms with Crippen LogP contribution >= 0.6 is 0 Å². The maximum Gasteiger partial charge on any atom is 0.329 e. The number of nitrogen functional groups attached to an aromatic ring is 1. The molecule has 1 aromatic carbocycles. The number of nitrogens with two attached hydrogens (primary N) is 1. The molecule has 1 saturated carbocycles. The number of alkyl halides is 2. The molecule has 0 spiro atoms. The van der Waals surface area contributed by atoms with Crippen molar-refractivity contribution in [3.8, 4) is 11.8 Å². The number of hydrogen-bond acceptors (Lipinski definition) is 9. The van der Waals surface area contributed by atoms with E-state index in [1.807, 2.05) is 12.1 Å². The number of anilines is 2. The average molecular weight is 742 g/mol. The van der Waals surface area contributed by atoms with Gasteiger partial charge in [0.25, 0.3) is 12.3 Å². The summed E-state index contributed by atoms with van der Waals surface area (Å²) in [7, 11) is 3.75. The molecule has 5 heterocycles. The molecule has 17 heteroatoms. The monoisotopic (exact) mass is 741 g/mol. The highest BCUT2D eigenvalue weighted by Gasteiger charge is 2.31. The van der Waals surface area contributed by atoms with Gasteiger partial charge in [0.15, 0.2) is 11.3 Å². The molecular formula is C37H41F2N11O4. The van der Waals surface area contributed by atoms with E-state index in [-0.39, 0.29) is 53.2 Å². The number of nitrogens with one attached hydrogen (secondary N) is 2. The fourth-order valence-electron chi connectivity index (χ4n) is 7.48. The molecule has 3 amide bonds. The lowest BCUT2D eigenvalue weighted by atomic mass is 9.86. The van der Waals surface area contributed by atoms with E-state index in [1.54, 1.807) is 24.0 Å². The van der Waals surface area contributed by atoms with E-state index in [1.165, 1.54) is 32.1 Å². The normalized spacial score (nSPS) is 19.0. The zero-order valence-electron chi connectivity index (χ0n) is 30.0. The van der Waals surface area contributed by atoms with E-state index in [0.717, 1.165) is 50.8 Å². The van der Waals surface area contributed by atoms with Gasteiger partial charge >= 0.3 is 5.69 Å². The summed E-state index contributed by atoms with van der Waals surface area (Å²) in [5, 5.41) is 13.2. The van der Waals surface area contributed by atoms with Gasteiger partial charge in [0.05, 0.1) is 29.0 Å². The second kappa shape index (κ2) is 15.2. The zero-order valence-corrected chi connectivity index (χ0v) is 30.0. The van der Waals surface area contributed by atoms with Crippen LogP contribution in [0.3, 0.4) is 0 Å². The summed E-state index contributed by atoms with van der Waals surface area (Å²) in [6, 6.07) is 6.24. The van der Waals surface area contributed by atoms with Crippen LogP contribution in [0.1, 0.15) is 91.5 Å². The second-order valence-corrected chi connectivity index (χ2v) is 14.1. The van der Waals surface area contributed by atoms with Crippen molar-refractivity contribution in [2.75, 3.05) is 31.2 Å². The summed E-state index contributed by atoms with van der Waals surface area (Å²) >= 11 is 0. The van der Waals surface area contributed by atoms with E-state index in [2.05, 4.69) is 49.6 Å². The number of fused-ring (bicyclic) bond motifs is 2. The van der Waals surface area contributed by atoms with Crippen molar-refractivity contribution in [2.45, 2.75) is 69.9 Å². The van der Waals surface area contributed by atoms with Gasteiger partial charge in [-0.15, -0.1) is 0 Å². The number of aryl methyl sites for hydroxylation is 1. The summed E-state index contributed by atoms with van der Waals surface area (Å²) in [5.74, 6) is 5.67. The minimum absolute atomic E-state index is 0.0433. The summed E-state index contributed by atoms with van der Waals surface area (Å²) < 4.78 is 33.9. The first-order valence-electron chi connectivity index (χ1n) is 18.0. The number of amides is 3. The topological polar surface area (TPSA) is 179 Å². The molecule has 2 fully saturated rings. The van der Waals surface area contributed by atoms with Crippen LogP contribution in [0.25, 0.3) is 16.7 Å². The number of aromatic nitrogens is 7. The van der Waals surface area contributed by atoms with Gasteiger partial charge in [-0.25, -0.2) is 23.1 Å². The molecule has 1 aliphatic carbocycles. The molecule has 2 aliphatic rings. The molecule has 5 aromatic rings. The maximum absolute atomic E-state index is 14.0. The number of carbonyl (C=O) groups is 3. The molecule has 0 bridgehead atoms. The molecule has 1 unspecified atom stereocenters. The zero-order chi connectivity index (χ0) is 38.1. The molecule has 1 atom stereocenters. The first-order valence-corrected chi connectivity index (χ1v) is 18.0. The first kappa shape index (κ1) is 36.5. The van der Waals surface area contributed by atoms with Gasteiger partial charge in [0.1, 0.15) is 17.4 Å². The van der Waals surface area contributed by atoms with Crippen LogP contribution in [0, 0.1) is 17.8 Å². The third-order valence-corrected chi connectivity index (χ3v) is 10.3. The van der Waals surface area contributed by atoms with Crippen LogP contribution in [0.15, 0.2) is 47.7 Å². The van der Waals surface area contributed by atoms with Crippen LogP contribution < -0.4 is 22.1 Å². The smallest absolute Gasteiger partial charge is 0.329 e. The molecule has 1 saturated heterocycles. The highest BCUT2D eigenvalue weighted by atomic mass is 19.3. The molecule has 1 aliphatic heterocycles. The minimum atomic E-state index is -2.87. The molecule has 4 aromatic heterocycles. The van der Waals surface area contributed by atoms with Gasteiger partial charge in [-0.05, 0) is 82.3 Å². The summed E-state index contributed by atoms with van der Waals surface area (Å²) in [5.41, 5.74) is 7.32. The van der Waals surface area contributed by atoms with Gasteiger partial charge in [0.2, 0.25) is 11.8 Å². The quantitative estimate of drug-likeness (QED) is 0.109. The Morgan fingerprint density at radius 1 is 1.13 bits per heavy atom. The fourth-order valence-corrected chi connectivity index (χ4v) is 7.48. The number of carbonyl (C=O) groups excluding carboxylic acids is 3. The van der Waals surface area contributed by atoms with Crippen molar-refractivity contribution in [1.82, 2.24) is 43.7 Å². The number of nitrogens with zero attached hydrogens (tertiary/aromatic N) is 8. The molecule has 54 heavy (non-hydrogen) atoms. The van der Waals surface area contributed by atoms with E-state index in [0.29, 0.717) is 23.4 Å². The number of piperidine rings is 1. The maximum atomic E-state index is 14.0. The molecule has 282 valence electrons. The summed E-state index contributed by atoms with van der Waals surface area (Å²) in [4.78, 5) is 56.6. The number of halogens is 2. The number of imide groups is 1. The number of unbranched alkanes of at least 4 members (excludes halogenated alkanes) is 1. The predicted octanol–water partition coefficient (Wildman–Crippen LogP) is 3.82. The number of benzene rings is 1. The number of imidazole rings is 1. The Morgan fingerprint density at radius 2 is 1.93 bits per heavy atom. The molecule has 4 N–H and O–H groups in total. The predicted molar refractivity (Wildman–Crippen MR) is 196 cm³/mol. The Morgan fingerprint density at radius 3 is 2.69 bits per heavy atom. The van der Waals surface area contributed by atoms with E-state index >= 15 is 0 Å². The van der Waals surface area contributed by atoms with Crippen molar-refractivity contribution >= 4 is 45.9 Å². The van der Waals surface area contributed by atoms with E-state index < -0.39 is 30.0 Å². The van der Waals surface area contributed by atoms with Gasteiger partial charge in [0, 0.05) is 44.4 Å². The highest BCUT2D eigenvalue weighted by Crippen LogP contribution is 2.35. The minimum Gasteiger partial charge on any atom is -0.384 e. The fraction of sp³-hybridized carbons (Fsp3) is 0.432. The number of hydrogen-bond donors (Lipinski definition) is 3. The van der Waals surface area contributed by atoms with Gasteiger partial charge in [-0.3, -0.25) is 33.5 Å².